The topological polar surface area (TPSA) is 78.5 Å². The van der Waals surface area contributed by atoms with Crippen LogP contribution in [0.2, 0.25) is 0 Å². The molecular formula is C26H27N3O3S. The van der Waals surface area contributed by atoms with E-state index in [2.05, 4.69) is 10.6 Å². The maximum absolute atomic E-state index is 13.2. The molecule has 6 nitrogen and oxygen atoms in total. The molecule has 0 bridgehead atoms. The molecule has 0 radical (unpaired) electrons. The Morgan fingerprint density at radius 2 is 1.58 bits per heavy atom. The Balaban J connectivity index is 1.43. The lowest BCUT2D eigenvalue weighted by molar-refractivity contribution is -0.124. The van der Waals surface area contributed by atoms with Crippen molar-refractivity contribution in [3.8, 4) is 0 Å². The van der Waals surface area contributed by atoms with Gasteiger partial charge in [0, 0.05) is 25.2 Å². The average molecular weight is 462 g/mol. The molecule has 2 N–H and O–H groups in total. The summed E-state index contributed by atoms with van der Waals surface area (Å²) in [6.07, 6.45) is 1.30. The van der Waals surface area contributed by atoms with Crippen LogP contribution in [-0.2, 0) is 11.3 Å². The van der Waals surface area contributed by atoms with Crippen LogP contribution in [0.15, 0.2) is 78.2 Å². The normalized spacial score (nSPS) is 15.0. The number of hydrogen-bond donors (Lipinski definition) is 2. The number of carbonyl (C=O) groups excluding carboxylic acids is 3. The van der Waals surface area contributed by atoms with Gasteiger partial charge in [-0.15, -0.1) is 11.3 Å². The third-order valence-electron chi connectivity index (χ3n) is 5.94. The molecule has 0 saturated carbocycles. The fraction of sp³-hybridized carbons (Fsp3) is 0.269. The molecule has 1 saturated heterocycles. The standard InChI is InChI=1S/C26H27N3O3S/c30-24(21-10-5-2-6-11-21)28-23(25(31)27-18-19-8-3-1-4-9-19)20-13-15-29(16-14-20)26(32)22-12-7-17-33-22/h1-12,17,20,23H,13-16,18H2,(H,27,31)(H,28,30). The van der Waals surface area contributed by atoms with Crippen LogP contribution in [0.1, 0.15) is 38.4 Å². The van der Waals surface area contributed by atoms with Crippen molar-refractivity contribution >= 4 is 29.1 Å². The van der Waals surface area contributed by atoms with Gasteiger partial charge in [0.25, 0.3) is 11.8 Å². The third-order valence-corrected chi connectivity index (χ3v) is 6.80. The highest BCUT2D eigenvalue weighted by Gasteiger charge is 2.34. The van der Waals surface area contributed by atoms with Crippen LogP contribution in [0.25, 0.3) is 0 Å². The number of rotatable bonds is 7. The van der Waals surface area contributed by atoms with Crippen LogP contribution in [0.4, 0.5) is 0 Å². The molecule has 3 amide bonds. The number of carbonyl (C=O) groups is 3. The predicted molar refractivity (Wildman–Crippen MR) is 129 cm³/mol. The van der Waals surface area contributed by atoms with Crippen LogP contribution in [0, 0.1) is 5.92 Å². The summed E-state index contributed by atoms with van der Waals surface area (Å²) in [7, 11) is 0. The minimum absolute atomic E-state index is 0.0295. The molecule has 2 aromatic carbocycles. The van der Waals surface area contributed by atoms with E-state index in [0.29, 0.717) is 38.0 Å². The summed E-state index contributed by atoms with van der Waals surface area (Å²) in [5.41, 5.74) is 1.51. The summed E-state index contributed by atoms with van der Waals surface area (Å²) in [6, 6.07) is 21.6. The molecule has 4 rings (SSSR count). The van der Waals surface area contributed by atoms with Crippen molar-refractivity contribution in [2.45, 2.75) is 25.4 Å². The molecule has 33 heavy (non-hydrogen) atoms. The van der Waals surface area contributed by atoms with Crippen LogP contribution < -0.4 is 10.6 Å². The number of nitrogens with zero attached hydrogens (tertiary/aromatic N) is 1. The number of amides is 3. The van der Waals surface area contributed by atoms with Gasteiger partial charge >= 0.3 is 0 Å². The molecule has 1 unspecified atom stereocenters. The van der Waals surface area contributed by atoms with Gasteiger partial charge < -0.3 is 15.5 Å². The number of thiophene rings is 1. The van der Waals surface area contributed by atoms with Crippen LogP contribution in [0.5, 0.6) is 0 Å². The van der Waals surface area contributed by atoms with Crippen molar-refractivity contribution in [2.75, 3.05) is 13.1 Å². The van der Waals surface area contributed by atoms with Gasteiger partial charge in [0.15, 0.2) is 0 Å². The minimum Gasteiger partial charge on any atom is -0.350 e. The molecule has 3 aromatic rings. The van der Waals surface area contributed by atoms with Gasteiger partial charge in [-0.25, -0.2) is 0 Å². The second kappa shape index (κ2) is 10.9. The number of likely N-dealkylation sites (tertiary alicyclic amines) is 1. The maximum atomic E-state index is 13.2. The first-order chi connectivity index (χ1) is 16.1. The zero-order valence-corrected chi connectivity index (χ0v) is 19.1. The highest BCUT2D eigenvalue weighted by atomic mass is 32.1. The lowest BCUT2D eigenvalue weighted by atomic mass is 9.88. The molecule has 1 aliphatic rings. The van der Waals surface area contributed by atoms with E-state index in [9.17, 15) is 14.4 Å². The highest BCUT2D eigenvalue weighted by molar-refractivity contribution is 7.12. The van der Waals surface area contributed by atoms with Crippen molar-refractivity contribution in [3.63, 3.8) is 0 Å². The summed E-state index contributed by atoms with van der Waals surface area (Å²) in [5, 5.41) is 7.83. The van der Waals surface area contributed by atoms with E-state index >= 15 is 0 Å². The van der Waals surface area contributed by atoms with E-state index in [1.807, 2.05) is 58.8 Å². The second-order valence-electron chi connectivity index (χ2n) is 8.13. The molecule has 170 valence electrons. The van der Waals surface area contributed by atoms with Gasteiger partial charge in [-0.3, -0.25) is 14.4 Å². The lowest BCUT2D eigenvalue weighted by Crippen LogP contribution is -2.53. The van der Waals surface area contributed by atoms with Gasteiger partial charge in [-0.1, -0.05) is 54.6 Å². The van der Waals surface area contributed by atoms with Crippen molar-refractivity contribution in [2.24, 2.45) is 5.92 Å². The first kappa shape index (κ1) is 22.7. The van der Waals surface area contributed by atoms with Crippen molar-refractivity contribution in [1.82, 2.24) is 15.5 Å². The molecule has 1 atom stereocenters. The van der Waals surface area contributed by atoms with E-state index in [1.165, 1.54) is 11.3 Å². The molecule has 7 heteroatoms. The monoisotopic (exact) mass is 461 g/mol. The third kappa shape index (κ3) is 5.87. The van der Waals surface area contributed by atoms with Crippen LogP contribution >= 0.6 is 11.3 Å². The Labute approximate surface area is 197 Å². The van der Waals surface area contributed by atoms with E-state index in [0.717, 1.165) is 10.4 Å². The van der Waals surface area contributed by atoms with Crippen molar-refractivity contribution in [1.29, 1.82) is 0 Å². The van der Waals surface area contributed by atoms with Crippen molar-refractivity contribution in [3.05, 3.63) is 94.2 Å². The molecule has 0 spiro atoms. The SMILES string of the molecule is O=C(NC(C(=O)NCc1ccccc1)C1CCN(C(=O)c2cccs2)CC1)c1ccccc1. The van der Waals surface area contributed by atoms with E-state index in [1.54, 1.807) is 24.3 Å². The lowest BCUT2D eigenvalue weighted by Gasteiger charge is -2.35. The number of piperidine rings is 1. The highest BCUT2D eigenvalue weighted by Crippen LogP contribution is 2.24. The summed E-state index contributed by atoms with van der Waals surface area (Å²) < 4.78 is 0. The first-order valence-corrected chi connectivity index (χ1v) is 12.0. The van der Waals surface area contributed by atoms with Gasteiger partial charge in [0.2, 0.25) is 5.91 Å². The Bertz CT molecular complexity index is 1060. The van der Waals surface area contributed by atoms with Gasteiger partial charge in [-0.2, -0.15) is 0 Å². The van der Waals surface area contributed by atoms with E-state index in [4.69, 9.17) is 0 Å². The summed E-state index contributed by atoms with van der Waals surface area (Å²) >= 11 is 1.43. The second-order valence-corrected chi connectivity index (χ2v) is 9.08. The maximum Gasteiger partial charge on any atom is 0.263 e. The Morgan fingerprint density at radius 3 is 2.21 bits per heavy atom. The van der Waals surface area contributed by atoms with E-state index < -0.39 is 6.04 Å². The van der Waals surface area contributed by atoms with Gasteiger partial charge in [0.05, 0.1) is 4.88 Å². The summed E-state index contributed by atoms with van der Waals surface area (Å²) in [5.74, 6) is -0.499. The average Bonchev–Trinajstić information content (AvgIpc) is 3.42. The van der Waals surface area contributed by atoms with Crippen molar-refractivity contribution < 1.29 is 14.4 Å². The number of benzene rings is 2. The Morgan fingerprint density at radius 1 is 0.909 bits per heavy atom. The largest absolute Gasteiger partial charge is 0.350 e. The smallest absolute Gasteiger partial charge is 0.263 e. The predicted octanol–water partition coefficient (Wildman–Crippen LogP) is 3.72. The molecule has 2 heterocycles. The van der Waals surface area contributed by atoms with Crippen LogP contribution in [-0.4, -0.2) is 41.8 Å². The van der Waals surface area contributed by atoms with Gasteiger partial charge in [0.1, 0.15) is 6.04 Å². The fourth-order valence-electron chi connectivity index (χ4n) is 4.10. The zero-order chi connectivity index (χ0) is 23.0. The molecular weight excluding hydrogens is 434 g/mol. The molecule has 1 aromatic heterocycles. The van der Waals surface area contributed by atoms with E-state index in [-0.39, 0.29) is 23.6 Å². The molecule has 0 aliphatic carbocycles. The summed E-state index contributed by atoms with van der Waals surface area (Å²) in [6.45, 7) is 1.52. The molecule has 1 aliphatic heterocycles. The number of hydrogen-bond acceptors (Lipinski definition) is 4. The first-order valence-electron chi connectivity index (χ1n) is 11.1. The van der Waals surface area contributed by atoms with Crippen LogP contribution in [0.3, 0.4) is 0 Å². The minimum atomic E-state index is -0.666. The fourth-order valence-corrected chi connectivity index (χ4v) is 4.79. The van der Waals surface area contributed by atoms with Gasteiger partial charge in [-0.05, 0) is 47.9 Å². The summed E-state index contributed by atoms with van der Waals surface area (Å²) in [4.78, 5) is 41.3. The quantitative estimate of drug-likeness (QED) is 0.563. The Kier molecular flexibility index (Phi) is 7.52. The zero-order valence-electron chi connectivity index (χ0n) is 18.3. The Hall–Kier alpha value is -3.45. The molecule has 1 fully saturated rings. The number of nitrogens with one attached hydrogen (secondary N) is 2.